The van der Waals surface area contributed by atoms with Crippen LogP contribution in [0.4, 0.5) is 0 Å². The first-order valence-electron chi connectivity index (χ1n) is 3.84. The topological polar surface area (TPSA) is 12.9 Å². The van der Waals surface area contributed by atoms with E-state index in [1.165, 1.54) is 0 Å². The molecule has 0 spiro atoms. The SMILES string of the molecule is C=CC.CC.[CH3-].[Y].c1ccncc1. The van der Waals surface area contributed by atoms with Crippen LogP contribution in [0.5, 0.6) is 0 Å². The molecule has 0 aliphatic rings. The van der Waals surface area contributed by atoms with Gasteiger partial charge >= 0.3 is 0 Å². The van der Waals surface area contributed by atoms with Crippen molar-refractivity contribution >= 4 is 0 Å². The second-order valence-electron chi connectivity index (χ2n) is 1.43. The Morgan fingerprint density at radius 2 is 1.38 bits per heavy atom. The Morgan fingerprint density at radius 3 is 1.46 bits per heavy atom. The van der Waals surface area contributed by atoms with Crippen molar-refractivity contribution < 1.29 is 32.7 Å². The predicted molar refractivity (Wildman–Crippen MR) is 57.9 cm³/mol. The van der Waals surface area contributed by atoms with Crippen LogP contribution in [0.2, 0.25) is 0 Å². The largest absolute Gasteiger partial charge is 0.358 e. The van der Waals surface area contributed by atoms with Gasteiger partial charge in [0.1, 0.15) is 0 Å². The molecule has 0 unspecified atom stereocenters. The van der Waals surface area contributed by atoms with Gasteiger partial charge in [0.05, 0.1) is 0 Å². The summed E-state index contributed by atoms with van der Waals surface area (Å²) in [7, 11) is 0. The van der Waals surface area contributed by atoms with E-state index in [2.05, 4.69) is 11.6 Å². The number of aromatic nitrogens is 1. The molecule has 0 aromatic carbocycles. The van der Waals surface area contributed by atoms with Crippen LogP contribution in [0.25, 0.3) is 0 Å². The Morgan fingerprint density at radius 1 is 1.08 bits per heavy atom. The Labute approximate surface area is 109 Å². The van der Waals surface area contributed by atoms with Gasteiger partial charge in [-0.25, -0.2) is 0 Å². The summed E-state index contributed by atoms with van der Waals surface area (Å²) in [5.74, 6) is 0. The van der Waals surface area contributed by atoms with Crippen LogP contribution in [-0.2, 0) is 32.7 Å². The molecule has 73 valence electrons. The Hall–Kier alpha value is -0.00610. The molecule has 0 N–H and O–H groups in total. The van der Waals surface area contributed by atoms with Gasteiger partial charge in [-0.05, 0) is 19.1 Å². The number of hydrogen-bond donors (Lipinski definition) is 0. The van der Waals surface area contributed by atoms with Crippen molar-refractivity contribution in [2.45, 2.75) is 20.8 Å². The average molecular weight is 255 g/mol. The van der Waals surface area contributed by atoms with E-state index in [4.69, 9.17) is 0 Å². The maximum absolute atomic E-state index is 3.78. The molecular weight excluding hydrogens is 235 g/mol. The van der Waals surface area contributed by atoms with Gasteiger partial charge in [-0.2, -0.15) is 0 Å². The molecule has 0 saturated heterocycles. The molecule has 0 aliphatic carbocycles. The molecule has 13 heavy (non-hydrogen) atoms. The minimum Gasteiger partial charge on any atom is -0.358 e. The van der Waals surface area contributed by atoms with Gasteiger partial charge in [0.15, 0.2) is 0 Å². The standard InChI is InChI=1S/C5H5N.C3H6.C2H6.CH3.Y/c1-2-4-6-5-3-1;1-3-2;1-2;;/h1-5H;3H,1H2,2H3;1-2H3;1H3;/q;;;-1;. The average Bonchev–Trinajstić information content (AvgIpc) is 2.12. The minimum absolute atomic E-state index is 0. The van der Waals surface area contributed by atoms with E-state index in [9.17, 15) is 0 Å². The zero-order chi connectivity index (χ0) is 8.95. The molecule has 0 aliphatic heterocycles. The summed E-state index contributed by atoms with van der Waals surface area (Å²) in [5, 5.41) is 0. The first kappa shape index (κ1) is 23.1. The zero-order valence-electron chi connectivity index (χ0n) is 9.20. The predicted octanol–water partition coefficient (Wildman–Crippen LogP) is 3.75. The second kappa shape index (κ2) is 29.6. The maximum Gasteiger partial charge on any atom is 0.0267 e. The van der Waals surface area contributed by atoms with Crippen molar-refractivity contribution in [1.29, 1.82) is 0 Å². The van der Waals surface area contributed by atoms with E-state index in [1.807, 2.05) is 39.0 Å². The van der Waals surface area contributed by atoms with Crippen LogP contribution in [0.15, 0.2) is 43.2 Å². The van der Waals surface area contributed by atoms with Crippen LogP contribution in [0, 0.1) is 7.43 Å². The van der Waals surface area contributed by atoms with Gasteiger partial charge in [0.2, 0.25) is 0 Å². The van der Waals surface area contributed by atoms with Crippen LogP contribution in [0.3, 0.4) is 0 Å². The van der Waals surface area contributed by atoms with Gasteiger partial charge in [-0.1, -0.05) is 26.0 Å². The molecule has 0 bridgehead atoms. The summed E-state index contributed by atoms with van der Waals surface area (Å²) in [6, 6.07) is 5.72. The third kappa shape index (κ3) is 33.3. The molecule has 0 atom stereocenters. The summed E-state index contributed by atoms with van der Waals surface area (Å²) in [4.78, 5) is 3.78. The summed E-state index contributed by atoms with van der Waals surface area (Å²) in [6.07, 6.45) is 5.25. The van der Waals surface area contributed by atoms with Gasteiger partial charge in [-0.3, -0.25) is 4.98 Å². The van der Waals surface area contributed by atoms with Crippen LogP contribution in [0.1, 0.15) is 20.8 Å². The first-order chi connectivity index (χ1) is 5.41. The molecule has 0 amide bonds. The van der Waals surface area contributed by atoms with Gasteiger partial charge in [0.25, 0.3) is 0 Å². The molecule has 0 fully saturated rings. The summed E-state index contributed by atoms with van der Waals surface area (Å²) in [5.41, 5.74) is 0. The molecule has 2 heteroatoms. The maximum atomic E-state index is 3.78. The third-order valence-electron chi connectivity index (χ3n) is 0.566. The quantitative estimate of drug-likeness (QED) is 0.508. The summed E-state index contributed by atoms with van der Waals surface area (Å²) < 4.78 is 0. The van der Waals surface area contributed by atoms with Crippen molar-refractivity contribution in [2.24, 2.45) is 0 Å². The van der Waals surface area contributed by atoms with Crippen LogP contribution in [-0.4, -0.2) is 4.98 Å². The van der Waals surface area contributed by atoms with Gasteiger partial charge in [0, 0.05) is 45.1 Å². The second-order valence-corrected chi connectivity index (χ2v) is 1.43. The fourth-order valence-electron chi connectivity index (χ4n) is 0.313. The fourth-order valence-corrected chi connectivity index (χ4v) is 0.313. The Kier molecular flexibility index (Phi) is 52.7. The number of rotatable bonds is 0. The van der Waals surface area contributed by atoms with Crippen molar-refractivity contribution in [1.82, 2.24) is 4.98 Å². The summed E-state index contributed by atoms with van der Waals surface area (Å²) >= 11 is 0. The molecule has 1 aromatic rings. The van der Waals surface area contributed by atoms with E-state index in [0.29, 0.717) is 0 Å². The van der Waals surface area contributed by atoms with Crippen molar-refractivity contribution in [2.75, 3.05) is 0 Å². The minimum atomic E-state index is 0. The fraction of sp³-hybridized carbons (Fsp3) is 0.273. The Bertz CT molecular complexity index is 113. The zero-order valence-corrected chi connectivity index (χ0v) is 12.0. The smallest absolute Gasteiger partial charge is 0.0267 e. The number of pyridine rings is 1. The van der Waals surface area contributed by atoms with E-state index in [-0.39, 0.29) is 40.1 Å². The Balaban J connectivity index is -0.0000000517. The van der Waals surface area contributed by atoms with E-state index >= 15 is 0 Å². The van der Waals surface area contributed by atoms with Crippen molar-refractivity contribution in [3.63, 3.8) is 0 Å². The third-order valence-corrected chi connectivity index (χ3v) is 0.566. The summed E-state index contributed by atoms with van der Waals surface area (Å²) in [6.45, 7) is 9.25. The normalized spacial score (nSPS) is 5.15. The molecule has 0 saturated carbocycles. The number of hydrogen-bond acceptors (Lipinski definition) is 1. The van der Waals surface area contributed by atoms with E-state index < -0.39 is 0 Å². The molecule has 1 nitrogen and oxygen atoms in total. The monoisotopic (exact) mass is 255 g/mol. The van der Waals surface area contributed by atoms with E-state index in [0.717, 1.165) is 0 Å². The molecule has 1 rings (SSSR count). The number of allylic oxidation sites excluding steroid dienone is 1. The first-order valence-corrected chi connectivity index (χ1v) is 3.84. The molecule has 1 heterocycles. The molecule has 1 aromatic heterocycles. The van der Waals surface area contributed by atoms with Gasteiger partial charge in [-0.15, -0.1) is 6.58 Å². The molecular formula is C11H20NY-. The van der Waals surface area contributed by atoms with Crippen molar-refractivity contribution in [3.05, 3.63) is 50.7 Å². The molecule has 1 radical (unpaired) electrons. The van der Waals surface area contributed by atoms with Crippen molar-refractivity contribution in [3.8, 4) is 0 Å². The van der Waals surface area contributed by atoms with E-state index in [1.54, 1.807) is 18.5 Å². The van der Waals surface area contributed by atoms with Gasteiger partial charge < -0.3 is 7.43 Å². The number of nitrogens with zero attached hydrogens (tertiary/aromatic N) is 1. The van der Waals surface area contributed by atoms with Crippen LogP contribution >= 0.6 is 0 Å². The van der Waals surface area contributed by atoms with Crippen LogP contribution < -0.4 is 0 Å².